The normalized spacial score (nSPS) is 14.9. The molecule has 1 aliphatic rings. The van der Waals surface area contributed by atoms with E-state index in [2.05, 4.69) is 10.3 Å². The lowest BCUT2D eigenvalue weighted by Crippen LogP contribution is -2.36. The molecule has 0 spiro atoms. The van der Waals surface area contributed by atoms with E-state index < -0.39 is 10.0 Å². The third kappa shape index (κ3) is 4.74. The molecule has 2 heterocycles. The van der Waals surface area contributed by atoms with E-state index in [0.29, 0.717) is 29.9 Å². The summed E-state index contributed by atoms with van der Waals surface area (Å²) in [6.07, 6.45) is 6.36. The van der Waals surface area contributed by atoms with Gasteiger partial charge in [-0.25, -0.2) is 13.4 Å². The van der Waals surface area contributed by atoms with Gasteiger partial charge in [0.1, 0.15) is 0 Å². The fourth-order valence-electron chi connectivity index (χ4n) is 3.67. The number of aromatic nitrogens is 2. The highest BCUT2D eigenvalue weighted by molar-refractivity contribution is 7.99. The lowest BCUT2D eigenvalue weighted by Gasteiger charge is -2.26. The molecule has 1 saturated heterocycles. The number of amides is 1. The maximum Gasteiger partial charge on any atom is 0.255 e. The van der Waals surface area contributed by atoms with E-state index in [1.165, 1.54) is 22.1 Å². The average molecular weight is 471 g/mol. The molecule has 0 radical (unpaired) electrons. The van der Waals surface area contributed by atoms with Crippen LogP contribution >= 0.6 is 11.8 Å². The van der Waals surface area contributed by atoms with E-state index in [-0.39, 0.29) is 10.8 Å². The van der Waals surface area contributed by atoms with Crippen molar-refractivity contribution in [2.75, 3.05) is 18.4 Å². The number of anilines is 1. The van der Waals surface area contributed by atoms with Crippen LogP contribution in [-0.4, -0.2) is 41.3 Å². The molecule has 0 bridgehead atoms. The van der Waals surface area contributed by atoms with Gasteiger partial charge in [0.15, 0.2) is 5.16 Å². The van der Waals surface area contributed by atoms with E-state index in [9.17, 15) is 13.2 Å². The van der Waals surface area contributed by atoms with Crippen LogP contribution in [-0.2, 0) is 17.1 Å². The minimum atomic E-state index is -3.63. The fraction of sp³-hybridized carbons (Fsp3) is 0.304. The van der Waals surface area contributed by atoms with Crippen molar-refractivity contribution in [1.29, 1.82) is 0 Å². The molecule has 168 valence electrons. The summed E-state index contributed by atoms with van der Waals surface area (Å²) in [5.41, 5.74) is 1.59. The Labute approximate surface area is 192 Å². The molecule has 1 N–H and O–H groups in total. The number of hydrogen-bond acceptors (Lipinski definition) is 5. The second-order valence-corrected chi connectivity index (χ2v) is 10.7. The number of aryl methyl sites for hydroxylation is 2. The third-order valence-corrected chi connectivity index (χ3v) is 8.69. The molecule has 1 amide bonds. The van der Waals surface area contributed by atoms with Crippen LogP contribution < -0.4 is 5.32 Å². The van der Waals surface area contributed by atoms with Gasteiger partial charge in [0.05, 0.1) is 10.6 Å². The first kappa shape index (κ1) is 22.6. The quantitative estimate of drug-likeness (QED) is 0.580. The number of nitrogens with one attached hydrogen (secondary N) is 1. The molecular formula is C23H26N4O3S2. The van der Waals surface area contributed by atoms with Gasteiger partial charge in [-0.3, -0.25) is 4.79 Å². The molecule has 9 heteroatoms. The molecule has 4 rings (SSSR count). The van der Waals surface area contributed by atoms with Crippen LogP contribution in [0.2, 0.25) is 0 Å². The number of para-hydroxylation sites is 1. The Balaban J connectivity index is 1.59. The number of rotatable bonds is 6. The minimum absolute atomic E-state index is 0.197. The molecule has 32 heavy (non-hydrogen) atoms. The monoisotopic (exact) mass is 470 g/mol. The van der Waals surface area contributed by atoms with Crippen LogP contribution in [0.5, 0.6) is 0 Å². The van der Waals surface area contributed by atoms with Crippen LogP contribution in [0.3, 0.4) is 0 Å². The largest absolute Gasteiger partial charge is 0.329 e. The zero-order valence-electron chi connectivity index (χ0n) is 18.1. The van der Waals surface area contributed by atoms with Crippen molar-refractivity contribution in [2.24, 2.45) is 7.05 Å². The van der Waals surface area contributed by atoms with Crippen molar-refractivity contribution >= 4 is 33.4 Å². The average Bonchev–Trinajstić information content (AvgIpc) is 3.20. The highest BCUT2D eigenvalue weighted by Crippen LogP contribution is 2.32. The Morgan fingerprint density at radius 1 is 1.09 bits per heavy atom. The van der Waals surface area contributed by atoms with Gasteiger partial charge in [0.25, 0.3) is 5.91 Å². The van der Waals surface area contributed by atoms with Gasteiger partial charge in [-0.05, 0) is 61.4 Å². The number of imidazole rings is 1. The molecule has 0 atom stereocenters. The van der Waals surface area contributed by atoms with Crippen LogP contribution in [0.4, 0.5) is 5.69 Å². The van der Waals surface area contributed by atoms with Crippen molar-refractivity contribution in [3.63, 3.8) is 0 Å². The first-order chi connectivity index (χ1) is 15.4. The van der Waals surface area contributed by atoms with E-state index in [0.717, 1.165) is 29.3 Å². The van der Waals surface area contributed by atoms with E-state index >= 15 is 0 Å². The number of carbonyl (C=O) groups excluding carboxylic acids is 1. The van der Waals surface area contributed by atoms with Crippen molar-refractivity contribution in [1.82, 2.24) is 13.9 Å². The molecule has 0 saturated carbocycles. The van der Waals surface area contributed by atoms with Crippen molar-refractivity contribution in [2.45, 2.75) is 41.1 Å². The topological polar surface area (TPSA) is 84.3 Å². The first-order valence-corrected chi connectivity index (χ1v) is 12.8. The number of hydrogen-bond donors (Lipinski definition) is 1. The third-order valence-electron chi connectivity index (χ3n) is 5.50. The lowest BCUT2D eigenvalue weighted by atomic mass is 10.1. The van der Waals surface area contributed by atoms with E-state index in [4.69, 9.17) is 0 Å². The van der Waals surface area contributed by atoms with Crippen molar-refractivity contribution < 1.29 is 13.2 Å². The van der Waals surface area contributed by atoms with Gasteiger partial charge < -0.3 is 9.88 Å². The second-order valence-electron chi connectivity index (χ2n) is 7.82. The molecule has 1 aromatic heterocycles. The Hall–Kier alpha value is -2.62. The number of benzene rings is 2. The lowest BCUT2D eigenvalue weighted by molar-refractivity contribution is 0.102. The van der Waals surface area contributed by atoms with Gasteiger partial charge in [-0.15, -0.1) is 0 Å². The van der Waals surface area contributed by atoms with E-state index in [1.807, 2.05) is 42.1 Å². The van der Waals surface area contributed by atoms with Crippen LogP contribution in [0.25, 0.3) is 0 Å². The van der Waals surface area contributed by atoms with Gasteiger partial charge in [0, 0.05) is 43.0 Å². The highest BCUT2D eigenvalue weighted by atomic mass is 32.2. The first-order valence-electron chi connectivity index (χ1n) is 10.5. The summed E-state index contributed by atoms with van der Waals surface area (Å²) in [5.74, 6) is -0.354. The zero-order valence-corrected chi connectivity index (χ0v) is 19.7. The Morgan fingerprint density at radius 2 is 1.84 bits per heavy atom. The molecule has 1 aliphatic heterocycles. The van der Waals surface area contributed by atoms with Crippen LogP contribution in [0.15, 0.2) is 69.8 Å². The standard InChI is InChI=1S/C23H26N4O3S2/c1-17-10-11-18(16-21(17)32(29,30)27-13-6-3-7-14-27)22(28)25-19-8-4-5-9-20(19)31-23-24-12-15-26(23)2/h4-5,8-12,15-16H,3,6-7,13-14H2,1-2H3,(H,25,28). The Morgan fingerprint density at radius 3 is 2.56 bits per heavy atom. The molecule has 3 aromatic rings. The second kappa shape index (κ2) is 9.48. The number of nitrogens with zero attached hydrogens (tertiary/aromatic N) is 3. The van der Waals surface area contributed by atoms with Gasteiger partial charge >= 0.3 is 0 Å². The number of sulfonamides is 1. The minimum Gasteiger partial charge on any atom is -0.329 e. The van der Waals surface area contributed by atoms with Gasteiger partial charge in [-0.1, -0.05) is 24.6 Å². The Kier molecular flexibility index (Phi) is 6.68. The maximum atomic E-state index is 13.2. The summed E-state index contributed by atoms with van der Waals surface area (Å²) in [5, 5.41) is 3.73. The highest BCUT2D eigenvalue weighted by Gasteiger charge is 2.28. The summed E-state index contributed by atoms with van der Waals surface area (Å²) < 4.78 is 29.8. The maximum absolute atomic E-state index is 13.2. The molecule has 0 unspecified atom stereocenters. The smallest absolute Gasteiger partial charge is 0.255 e. The zero-order chi connectivity index (χ0) is 22.7. The van der Waals surface area contributed by atoms with Crippen molar-refractivity contribution in [3.8, 4) is 0 Å². The fourth-order valence-corrected chi connectivity index (χ4v) is 6.32. The predicted molar refractivity (Wildman–Crippen MR) is 126 cm³/mol. The summed E-state index contributed by atoms with van der Waals surface area (Å²) in [7, 11) is -1.72. The Bertz CT molecular complexity index is 1230. The van der Waals surface area contributed by atoms with Crippen LogP contribution in [0.1, 0.15) is 35.2 Å². The van der Waals surface area contributed by atoms with Crippen LogP contribution in [0, 0.1) is 6.92 Å². The SMILES string of the molecule is Cc1ccc(C(=O)Nc2ccccc2Sc2nccn2C)cc1S(=O)(=O)N1CCCCC1. The summed E-state index contributed by atoms with van der Waals surface area (Å²) in [4.78, 5) is 18.4. The molecule has 7 nitrogen and oxygen atoms in total. The van der Waals surface area contributed by atoms with E-state index in [1.54, 1.807) is 25.3 Å². The number of carbonyl (C=O) groups is 1. The summed E-state index contributed by atoms with van der Waals surface area (Å²) in [6.45, 7) is 2.81. The summed E-state index contributed by atoms with van der Waals surface area (Å²) >= 11 is 1.45. The van der Waals surface area contributed by atoms with Gasteiger partial charge in [-0.2, -0.15) is 4.31 Å². The summed E-state index contributed by atoms with van der Waals surface area (Å²) in [6, 6.07) is 12.3. The number of piperidine rings is 1. The van der Waals surface area contributed by atoms with Crippen molar-refractivity contribution in [3.05, 3.63) is 66.0 Å². The predicted octanol–water partition coefficient (Wildman–Crippen LogP) is 4.31. The molecule has 1 fully saturated rings. The molecular weight excluding hydrogens is 444 g/mol. The van der Waals surface area contributed by atoms with Gasteiger partial charge in [0.2, 0.25) is 10.0 Å². The molecule has 0 aliphatic carbocycles. The molecule has 2 aromatic carbocycles.